The van der Waals surface area contributed by atoms with Crippen molar-refractivity contribution >= 4 is 5.91 Å². The van der Waals surface area contributed by atoms with Crippen LogP contribution in [0.4, 0.5) is 0 Å². The predicted molar refractivity (Wildman–Crippen MR) is 90.9 cm³/mol. The van der Waals surface area contributed by atoms with Crippen molar-refractivity contribution in [1.82, 2.24) is 14.8 Å². The minimum Gasteiger partial charge on any atom is -0.338 e. The molecule has 0 aliphatic carbocycles. The number of pyridine rings is 1. The Bertz CT molecular complexity index is 672. The molecule has 2 saturated heterocycles. The third-order valence-corrected chi connectivity index (χ3v) is 5.52. The molecule has 3 heterocycles. The van der Waals surface area contributed by atoms with E-state index in [0.29, 0.717) is 12.1 Å². The molecule has 0 saturated carbocycles. The Hall–Kier alpha value is -1.62. The first-order chi connectivity index (χ1) is 11.0. The fourth-order valence-corrected chi connectivity index (χ4v) is 4.26. The first-order valence-electron chi connectivity index (χ1n) is 8.68. The van der Waals surface area contributed by atoms with Crippen molar-refractivity contribution in [1.29, 1.82) is 0 Å². The first-order valence-corrected chi connectivity index (χ1v) is 8.68. The minimum absolute atomic E-state index is 0.0827. The van der Waals surface area contributed by atoms with Crippen molar-refractivity contribution in [3.8, 4) is 0 Å². The van der Waals surface area contributed by atoms with Crippen LogP contribution in [0.15, 0.2) is 10.9 Å². The third-order valence-electron chi connectivity index (χ3n) is 5.52. The van der Waals surface area contributed by atoms with Gasteiger partial charge in [0.15, 0.2) is 0 Å². The zero-order chi connectivity index (χ0) is 16.6. The maximum Gasteiger partial charge on any atom is 0.263 e. The molecule has 126 valence electrons. The van der Waals surface area contributed by atoms with Crippen molar-refractivity contribution in [2.24, 2.45) is 5.41 Å². The van der Waals surface area contributed by atoms with Gasteiger partial charge in [0, 0.05) is 37.3 Å². The smallest absolute Gasteiger partial charge is 0.263 e. The molecule has 1 spiro atoms. The van der Waals surface area contributed by atoms with E-state index >= 15 is 0 Å². The second-order valence-corrected chi connectivity index (χ2v) is 7.15. The molecule has 0 unspecified atom stereocenters. The summed E-state index contributed by atoms with van der Waals surface area (Å²) in [6.45, 7) is 9.90. The van der Waals surface area contributed by atoms with Crippen molar-refractivity contribution < 1.29 is 4.79 Å². The molecule has 3 rings (SSSR count). The lowest BCUT2D eigenvalue weighted by Gasteiger charge is -2.40. The van der Waals surface area contributed by atoms with Gasteiger partial charge in [-0.2, -0.15) is 0 Å². The summed E-state index contributed by atoms with van der Waals surface area (Å²) in [7, 11) is 0. The lowest BCUT2D eigenvalue weighted by molar-refractivity contribution is 0.0550. The molecule has 2 aliphatic heterocycles. The predicted octanol–water partition coefficient (Wildman–Crippen LogP) is 1.70. The summed E-state index contributed by atoms with van der Waals surface area (Å²) in [6, 6.07) is 1.95. The van der Waals surface area contributed by atoms with E-state index in [-0.39, 0.29) is 16.9 Å². The number of amides is 1. The number of nitrogens with zero attached hydrogens (tertiary/aromatic N) is 2. The zero-order valence-corrected chi connectivity index (χ0v) is 14.4. The number of carbonyl (C=O) groups excluding carboxylic acids is 1. The van der Waals surface area contributed by atoms with Crippen molar-refractivity contribution in [2.45, 2.75) is 46.6 Å². The van der Waals surface area contributed by atoms with Crippen LogP contribution in [0, 0.1) is 19.3 Å². The Labute approximate surface area is 137 Å². The maximum atomic E-state index is 13.1. The SMILES string of the molecule is CCn1c(C)cc(C)c(C(=O)N2CCC[C@@]3(CCNC3)C2)c1=O. The lowest BCUT2D eigenvalue weighted by Crippen LogP contribution is -2.48. The van der Waals surface area contributed by atoms with Crippen LogP contribution in [0.2, 0.25) is 0 Å². The molecule has 0 bridgehead atoms. The molecule has 1 aromatic rings. The highest BCUT2D eigenvalue weighted by Crippen LogP contribution is 2.35. The van der Waals surface area contributed by atoms with E-state index in [1.807, 2.05) is 31.7 Å². The molecule has 2 aliphatic rings. The van der Waals surface area contributed by atoms with Gasteiger partial charge in [0.2, 0.25) is 0 Å². The monoisotopic (exact) mass is 317 g/mol. The van der Waals surface area contributed by atoms with E-state index in [0.717, 1.165) is 50.3 Å². The first kappa shape index (κ1) is 16.2. The number of hydrogen-bond acceptors (Lipinski definition) is 3. The Balaban J connectivity index is 1.93. The second kappa shape index (κ2) is 6.11. The molecule has 5 nitrogen and oxygen atoms in total. The summed E-state index contributed by atoms with van der Waals surface area (Å²) < 4.78 is 1.69. The topological polar surface area (TPSA) is 54.3 Å². The summed E-state index contributed by atoms with van der Waals surface area (Å²) in [5.41, 5.74) is 2.16. The summed E-state index contributed by atoms with van der Waals surface area (Å²) in [4.78, 5) is 27.7. The van der Waals surface area contributed by atoms with Gasteiger partial charge in [0.25, 0.3) is 11.5 Å². The van der Waals surface area contributed by atoms with Gasteiger partial charge in [-0.15, -0.1) is 0 Å². The Morgan fingerprint density at radius 3 is 2.78 bits per heavy atom. The molecule has 1 N–H and O–H groups in total. The van der Waals surface area contributed by atoms with E-state index in [1.165, 1.54) is 6.42 Å². The van der Waals surface area contributed by atoms with Gasteiger partial charge in [-0.1, -0.05) is 0 Å². The number of aromatic nitrogens is 1. The number of carbonyl (C=O) groups is 1. The van der Waals surface area contributed by atoms with Crippen molar-refractivity contribution in [3.63, 3.8) is 0 Å². The highest BCUT2D eigenvalue weighted by molar-refractivity contribution is 5.95. The van der Waals surface area contributed by atoms with E-state index in [4.69, 9.17) is 0 Å². The highest BCUT2D eigenvalue weighted by atomic mass is 16.2. The zero-order valence-electron chi connectivity index (χ0n) is 14.4. The molecule has 1 amide bonds. The highest BCUT2D eigenvalue weighted by Gasteiger charge is 2.40. The van der Waals surface area contributed by atoms with Gasteiger partial charge in [-0.05, 0) is 58.2 Å². The van der Waals surface area contributed by atoms with E-state index in [9.17, 15) is 9.59 Å². The fraction of sp³-hybridized carbons (Fsp3) is 0.667. The molecule has 0 radical (unpaired) electrons. The normalized spacial score (nSPS) is 24.4. The van der Waals surface area contributed by atoms with Crippen molar-refractivity contribution in [3.05, 3.63) is 33.2 Å². The van der Waals surface area contributed by atoms with Crippen molar-refractivity contribution in [2.75, 3.05) is 26.2 Å². The van der Waals surface area contributed by atoms with Crippen LogP contribution in [-0.4, -0.2) is 41.6 Å². The Kier molecular flexibility index (Phi) is 4.32. The third kappa shape index (κ3) is 2.82. The molecule has 5 heteroatoms. The van der Waals surface area contributed by atoms with Crippen LogP contribution in [0.1, 0.15) is 47.8 Å². The lowest BCUT2D eigenvalue weighted by atomic mass is 9.79. The molecule has 1 atom stereocenters. The van der Waals surface area contributed by atoms with Gasteiger partial charge < -0.3 is 14.8 Å². The van der Waals surface area contributed by atoms with Crippen LogP contribution in [0.5, 0.6) is 0 Å². The summed E-state index contributed by atoms with van der Waals surface area (Å²) >= 11 is 0. The number of piperidine rings is 1. The average molecular weight is 317 g/mol. The van der Waals surface area contributed by atoms with Gasteiger partial charge in [0.05, 0.1) is 0 Å². The van der Waals surface area contributed by atoms with E-state index < -0.39 is 0 Å². The largest absolute Gasteiger partial charge is 0.338 e. The molecule has 23 heavy (non-hydrogen) atoms. The second-order valence-electron chi connectivity index (χ2n) is 7.15. The van der Waals surface area contributed by atoms with E-state index in [2.05, 4.69) is 5.32 Å². The van der Waals surface area contributed by atoms with Gasteiger partial charge >= 0.3 is 0 Å². The summed E-state index contributed by atoms with van der Waals surface area (Å²) in [6.07, 6.45) is 3.33. The standard InChI is InChI=1S/C18H27N3O2/c1-4-21-14(3)10-13(2)15(17(21)23)16(22)20-9-5-6-18(12-20)7-8-19-11-18/h10,19H,4-9,11-12H2,1-3H3/t18-/m0/s1. The molecule has 0 aromatic carbocycles. The molecular weight excluding hydrogens is 290 g/mol. The van der Waals surface area contributed by atoms with Crippen LogP contribution in [0.25, 0.3) is 0 Å². The molecular formula is C18H27N3O2. The number of nitrogens with one attached hydrogen (secondary N) is 1. The Morgan fingerprint density at radius 2 is 2.13 bits per heavy atom. The number of rotatable bonds is 2. The number of aryl methyl sites for hydroxylation is 2. The minimum atomic E-state index is -0.140. The quantitative estimate of drug-likeness (QED) is 0.903. The van der Waals surface area contributed by atoms with Crippen LogP contribution in [-0.2, 0) is 6.54 Å². The van der Waals surface area contributed by atoms with Gasteiger partial charge in [-0.3, -0.25) is 9.59 Å². The summed E-state index contributed by atoms with van der Waals surface area (Å²) in [5.74, 6) is -0.0827. The van der Waals surface area contributed by atoms with E-state index in [1.54, 1.807) is 4.57 Å². The van der Waals surface area contributed by atoms with Crippen LogP contribution in [0.3, 0.4) is 0 Å². The summed E-state index contributed by atoms with van der Waals surface area (Å²) in [5, 5.41) is 3.43. The number of hydrogen-bond donors (Lipinski definition) is 1. The molecule has 1 aromatic heterocycles. The average Bonchev–Trinajstić information content (AvgIpc) is 2.95. The fourth-order valence-electron chi connectivity index (χ4n) is 4.26. The van der Waals surface area contributed by atoms with Gasteiger partial charge in [0.1, 0.15) is 5.56 Å². The van der Waals surface area contributed by atoms with Crippen LogP contribution < -0.4 is 10.9 Å². The van der Waals surface area contributed by atoms with Gasteiger partial charge in [-0.25, -0.2) is 0 Å². The Morgan fingerprint density at radius 1 is 1.35 bits per heavy atom. The molecule has 2 fully saturated rings. The number of likely N-dealkylation sites (tertiary alicyclic amines) is 1. The maximum absolute atomic E-state index is 13.1. The van der Waals surface area contributed by atoms with Crippen LogP contribution >= 0.6 is 0 Å².